The van der Waals surface area contributed by atoms with Gasteiger partial charge >= 0.3 is 0 Å². The Balaban J connectivity index is 3.09. The third kappa shape index (κ3) is 3.21. The third-order valence-electron chi connectivity index (χ3n) is 1.93. The minimum atomic E-state index is -0.608. The molecule has 1 unspecified atom stereocenters. The van der Waals surface area contributed by atoms with Gasteiger partial charge in [-0.3, -0.25) is 4.79 Å². The van der Waals surface area contributed by atoms with Gasteiger partial charge in [-0.05, 0) is 26.0 Å². The van der Waals surface area contributed by atoms with Gasteiger partial charge in [-0.1, -0.05) is 15.9 Å². The predicted molar refractivity (Wildman–Crippen MR) is 65.7 cm³/mol. The molecule has 1 aromatic carbocycles. The summed E-state index contributed by atoms with van der Waals surface area (Å²) < 4.78 is 6.05. The van der Waals surface area contributed by atoms with E-state index in [4.69, 9.17) is 15.6 Å². The number of halogens is 1. The average Bonchev–Trinajstić information content (AvgIpc) is 2.14. The summed E-state index contributed by atoms with van der Waals surface area (Å²) in [5.74, 6) is 0.199. The highest BCUT2D eigenvalue weighted by Gasteiger charge is 2.14. The van der Waals surface area contributed by atoms with Crippen LogP contribution < -0.4 is 10.5 Å². The SMILES string of the molecule is CC(=O)c1cc(Br)cc(N)c1OCC(C)O. The summed E-state index contributed by atoms with van der Waals surface area (Å²) in [4.78, 5) is 11.4. The standard InChI is InChI=1S/C11H14BrNO3/c1-6(14)5-16-11-9(7(2)15)3-8(12)4-10(11)13/h3-4,6,14H,5,13H2,1-2H3. The lowest BCUT2D eigenvalue weighted by Crippen LogP contribution is -2.15. The number of rotatable bonds is 4. The molecule has 0 saturated heterocycles. The van der Waals surface area contributed by atoms with Gasteiger partial charge in [0.15, 0.2) is 11.5 Å². The van der Waals surface area contributed by atoms with E-state index in [0.717, 1.165) is 4.47 Å². The number of Topliss-reactive ketones (excluding diaryl/α,β-unsaturated/α-hetero) is 1. The molecule has 0 bridgehead atoms. The second-order valence-corrected chi connectivity index (χ2v) is 4.50. The molecule has 4 nitrogen and oxygen atoms in total. The van der Waals surface area contributed by atoms with Crippen molar-refractivity contribution in [3.63, 3.8) is 0 Å². The molecule has 1 atom stereocenters. The van der Waals surface area contributed by atoms with Crippen LogP contribution in [0.5, 0.6) is 5.75 Å². The minimum absolute atomic E-state index is 0.103. The number of hydrogen-bond acceptors (Lipinski definition) is 4. The van der Waals surface area contributed by atoms with Crippen molar-refractivity contribution < 1.29 is 14.6 Å². The fourth-order valence-corrected chi connectivity index (χ4v) is 1.72. The summed E-state index contributed by atoms with van der Waals surface area (Å²) in [5, 5.41) is 9.13. The van der Waals surface area contributed by atoms with E-state index in [1.54, 1.807) is 19.1 Å². The molecular formula is C11H14BrNO3. The van der Waals surface area contributed by atoms with Crippen LogP contribution in [-0.4, -0.2) is 23.6 Å². The molecular weight excluding hydrogens is 274 g/mol. The number of ether oxygens (including phenoxy) is 1. The molecule has 5 heteroatoms. The second-order valence-electron chi connectivity index (χ2n) is 3.59. The Bertz CT molecular complexity index is 404. The van der Waals surface area contributed by atoms with Gasteiger partial charge in [0.25, 0.3) is 0 Å². The number of nitrogen functional groups attached to an aromatic ring is 1. The number of ketones is 1. The van der Waals surface area contributed by atoms with E-state index >= 15 is 0 Å². The van der Waals surface area contributed by atoms with Gasteiger partial charge in [-0.15, -0.1) is 0 Å². The maximum atomic E-state index is 11.4. The predicted octanol–water partition coefficient (Wildman–Crippen LogP) is 1.99. The molecule has 1 aromatic rings. The van der Waals surface area contributed by atoms with E-state index in [9.17, 15) is 4.79 Å². The van der Waals surface area contributed by atoms with Crippen LogP contribution in [0.4, 0.5) is 5.69 Å². The number of benzene rings is 1. The molecule has 16 heavy (non-hydrogen) atoms. The first-order valence-electron chi connectivity index (χ1n) is 4.82. The van der Waals surface area contributed by atoms with Gasteiger partial charge in [0.05, 0.1) is 17.4 Å². The van der Waals surface area contributed by atoms with Crippen LogP contribution in [0.25, 0.3) is 0 Å². The molecule has 0 saturated carbocycles. The zero-order valence-corrected chi connectivity index (χ0v) is 10.7. The topological polar surface area (TPSA) is 72.6 Å². The molecule has 0 aromatic heterocycles. The zero-order chi connectivity index (χ0) is 12.3. The van der Waals surface area contributed by atoms with Gasteiger partial charge < -0.3 is 15.6 Å². The van der Waals surface area contributed by atoms with E-state index in [2.05, 4.69) is 15.9 Å². The van der Waals surface area contributed by atoms with Crippen molar-refractivity contribution in [1.82, 2.24) is 0 Å². The summed E-state index contributed by atoms with van der Waals surface area (Å²) in [6.45, 7) is 3.14. The van der Waals surface area contributed by atoms with Gasteiger partial charge in [0.2, 0.25) is 0 Å². The van der Waals surface area contributed by atoms with Crippen LogP contribution in [0.2, 0.25) is 0 Å². The minimum Gasteiger partial charge on any atom is -0.488 e. The van der Waals surface area contributed by atoms with Crippen molar-refractivity contribution in [2.45, 2.75) is 20.0 Å². The molecule has 0 spiro atoms. The summed E-state index contributed by atoms with van der Waals surface area (Å²) in [6, 6.07) is 3.31. The van der Waals surface area contributed by atoms with Gasteiger partial charge in [0.1, 0.15) is 6.61 Å². The lowest BCUT2D eigenvalue weighted by molar-refractivity contribution is 0.0996. The molecule has 0 fully saturated rings. The number of aliphatic hydroxyl groups is 1. The van der Waals surface area contributed by atoms with E-state index in [1.165, 1.54) is 6.92 Å². The van der Waals surface area contributed by atoms with Gasteiger partial charge in [-0.25, -0.2) is 0 Å². The molecule has 0 aliphatic carbocycles. The van der Waals surface area contributed by atoms with Crippen LogP contribution in [0.15, 0.2) is 16.6 Å². The largest absolute Gasteiger partial charge is 0.488 e. The number of aliphatic hydroxyl groups excluding tert-OH is 1. The van der Waals surface area contributed by atoms with Crippen molar-refractivity contribution in [1.29, 1.82) is 0 Å². The Labute approximate surface area is 103 Å². The van der Waals surface area contributed by atoms with Crippen molar-refractivity contribution in [2.24, 2.45) is 0 Å². The second kappa shape index (κ2) is 5.32. The highest BCUT2D eigenvalue weighted by molar-refractivity contribution is 9.10. The first-order valence-corrected chi connectivity index (χ1v) is 5.62. The van der Waals surface area contributed by atoms with E-state index in [0.29, 0.717) is 17.0 Å². The lowest BCUT2D eigenvalue weighted by atomic mass is 10.1. The van der Waals surface area contributed by atoms with E-state index in [-0.39, 0.29) is 12.4 Å². The maximum Gasteiger partial charge on any atom is 0.163 e. The van der Waals surface area contributed by atoms with Crippen LogP contribution in [0, 0.1) is 0 Å². The quantitative estimate of drug-likeness (QED) is 0.656. The summed E-state index contributed by atoms with van der Waals surface area (Å²) in [7, 11) is 0. The molecule has 88 valence electrons. The summed E-state index contributed by atoms with van der Waals surface area (Å²) in [5.41, 5.74) is 6.54. The number of hydrogen-bond donors (Lipinski definition) is 2. The third-order valence-corrected chi connectivity index (χ3v) is 2.39. The average molecular weight is 288 g/mol. The lowest BCUT2D eigenvalue weighted by Gasteiger charge is -2.14. The van der Waals surface area contributed by atoms with E-state index in [1.807, 2.05) is 0 Å². The van der Waals surface area contributed by atoms with Crippen LogP contribution >= 0.6 is 15.9 Å². The van der Waals surface area contributed by atoms with Crippen molar-refractivity contribution >= 4 is 27.4 Å². The number of nitrogens with two attached hydrogens (primary N) is 1. The van der Waals surface area contributed by atoms with Crippen molar-refractivity contribution in [3.05, 3.63) is 22.2 Å². The van der Waals surface area contributed by atoms with Crippen LogP contribution in [0.1, 0.15) is 24.2 Å². The molecule has 0 radical (unpaired) electrons. The molecule has 1 rings (SSSR count). The Morgan fingerprint density at radius 1 is 1.62 bits per heavy atom. The normalized spacial score (nSPS) is 12.2. The smallest absolute Gasteiger partial charge is 0.163 e. The summed E-state index contributed by atoms with van der Waals surface area (Å²) in [6.07, 6.45) is -0.608. The summed E-state index contributed by atoms with van der Waals surface area (Å²) >= 11 is 3.26. The molecule has 0 aliphatic heterocycles. The van der Waals surface area contributed by atoms with E-state index < -0.39 is 6.10 Å². The molecule has 0 amide bonds. The Morgan fingerprint density at radius 2 is 2.25 bits per heavy atom. The first-order chi connectivity index (χ1) is 7.41. The van der Waals surface area contributed by atoms with Crippen molar-refractivity contribution in [2.75, 3.05) is 12.3 Å². The molecule has 0 heterocycles. The monoisotopic (exact) mass is 287 g/mol. The Hall–Kier alpha value is -1.07. The van der Waals surface area contributed by atoms with Gasteiger partial charge in [-0.2, -0.15) is 0 Å². The molecule has 0 aliphatic rings. The highest BCUT2D eigenvalue weighted by Crippen LogP contribution is 2.31. The molecule has 3 N–H and O–H groups in total. The van der Waals surface area contributed by atoms with Crippen LogP contribution in [-0.2, 0) is 0 Å². The number of anilines is 1. The zero-order valence-electron chi connectivity index (χ0n) is 9.16. The van der Waals surface area contributed by atoms with Gasteiger partial charge in [0, 0.05) is 4.47 Å². The van der Waals surface area contributed by atoms with Crippen LogP contribution in [0.3, 0.4) is 0 Å². The Kier molecular flexibility index (Phi) is 4.32. The fourth-order valence-electron chi connectivity index (χ4n) is 1.24. The Morgan fingerprint density at radius 3 is 2.75 bits per heavy atom. The van der Waals surface area contributed by atoms with Crippen molar-refractivity contribution in [3.8, 4) is 5.75 Å². The fraction of sp³-hybridized carbons (Fsp3) is 0.364. The number of carbonyl (C=O) groups is 1. The first kappa shape index (κ1) is 13.0. The highest BCUT2D eigenvalue weighted by atomic mass is 79.9. The number of carbonyl (C=O) groups excluding carboxylic acids is 1. The maximum absolute atomic E-state index is 11.4.